The average Bonchev–Trinajstić information content (AvgIpc) is 2.94. The summed E-state index contributed by atoms with van der Waals surface area (Å²) in [5.74, 6) is -0.331. The molecule has 118 valence electrons. The summed E-state index contributed by atoms with van der Waals surface area (Å²) in [5, 5.41) is 1.33. The number of aromatic nitrogens is 1. The van der Waals surface area contributed by atoms with Crippen LogP contribution in [0.5, 0.6) is 5.75 Å². The van der Waals surface area contributed by atoms with E-state index in [2.05, 4.69) is 4.98 Å². The maximum absolute atomic E-state index is 11.8. The predicted octanol–water partition coefficient (Wildman–Crippen LogP) is 4.73. The molecule has 0 spiro atoms. The first kappa shape index (κ1) is 16.2. The molecule has 0 bridgehead atoms. The number of nitrogens with zero attached hydrogens (tertiary/aromatic N) is 1. The van der Waals surface area contributed by atoms with Gasteiger partial charge in [0.15, 0.2) is 5.75 Å². The highest BCUT2D eigenvalue weighted by Gasteiger charge is 2.11. The van der Waals surface area contributed by atoms with Gasteiger partial charge in [0.05, 0.1) is 21.8 Å². The van der Waals surface area contributed by atoms with Gasteiger partial charge in [0.2, 0.25) is 0 Å². The summed E-state index contributed by atoms with van der Waals surface area (Å²) < 4.78 is 11.6. The van der Waals surface area contributed by atoms with E-state index >= 15 is 0 Å². The third kappa shape index (κ3) is 4.00. The summed E-state index contributed by atoms with van der Waals surface area (Å²) in [4.78, 5) is 16.2. The predicted molar refractivity (Wildman–Crippen MR) is 91.4 cm³/mol. The van der Waals surface area contributed by atoms with Crippen molar-refractivity contribution in [1.29, 1.82) is 0 Å². The quantitative estimate of drug-likeness (QED) is 0.483. The Labute approximate surface area is 146 Å². The fourth-order valence-corrected chi connectivity index (χ4v) is 3.15. The van der Waals surface area contributed by atoms with E-state index in [1.165, 1.54) is 11.3 Å². The number of ether oxygens (including phenoxy) is 2. The minimum absolute atomic E-state index is 0.196. The van der Waals surface area contributed by atoms with Gasteiger partial charge in [0.25, 0.3) is 0 Å². The molecule has 0 radical (unpaired) electrons. The zero-order valence-corrected chi connectivity index (χ0v) is 14.1. The smallest absolute Gasteiger partial charge is 0.337 e. The van der Waals surface area contributed by atoms with Crippen LogP contribution in [0.4, 0.5) is 0 Å². The Kier molecular flexibility index (Phi) is 5.13. The number of fused-ring (bicyclic) bond motifs is 1. The van der Waals surface area contributed by atoms with Gasteiger partial charge in [-0.05, 0) is 24.3 Å². The van der Waals surface area contributed by atoms with Gasteiger partial charge < -0.3 is 9.47 Å². The third-order valence-electron chi connectivity index (χ3n) is 2.92. The highest BCUT2D eigenvalue weighted by atomic mass is 35.5. The van der Waals surface area contributed by atoms with E-state index in [1.807, 2.05) is 24.3 Å². The first-order chi connectivity index (χ1) is 11.1. The van der Waals surface area contributed by atoms with E-state index in [-0.39, 0.29) is 24.0 Å². The molecule has 3 aromatic rings. The standard InChI is InChI=1S/C16H11Cl2NO3S/c17-10-4-3-6-12(16(10)18)22-15(20)9-21-8-14-19-11-5-1-2-7-13(11)23-14/h1-7H,8-9H2. The van der Waals surface area contributed by atoms with Crippen LogP contribution in [0.3, 0.4) is 0 Å². The van der Waals surface area contributed by atoms with Crippen molar-refractivity contribution in [2.75, 3.05) is 6.61 Å². The zero-order valence-electron chi connectivity index (χ0n) is 11.8. The summed E-state index contributed by atoms with van der Waals surface area (Å²) in [7, 11) is 0. The number of halogens is 2. The molecule has 0 saturated carbocycles. The van der Waals surface area contributed by atoms with E-state index in [1.54, 1.807) is 18.2 Å². The van der Waals surface area contributed by atoms with E-state index in [9.17, 15) is 4.79 Å². The van der Waals surface area contributed by atoms with E-state index in [0.29, 0.717) is 5.02 Å². The van der Waals surface area contributed by atoms with Crippen molar-refractivity contribution in [2.24, 2.45) is 0 Å². The number of para-hydroxylation sites is 1. The van der Waals surface area contributed by atoms with Crippen molar-refractivity contribution in [3.8, 4) is 5.75 Å². The normalized spacial score (nSPS) is 10.9. The Bertz CT molecular complexity index is 817. The van der Waals surface area contributed by atoms with E-state index in [4.69, 9.17) is 32.7 Å². The second-order valence-electron chi connectivity index (χ2n) is 4.59. The van der Waals surface area contributed by atoms with Gasteiger partial charge in [-0.2, -0.15) is 0 Å². The number of carbonyl (C=O) groups is 1. The molecule has 0 saturated heterocycles. The maximum Gasteiger partial charge on any atom is 0.337 e. The first-order valence-electron chi connectivity index (χ1n) is 6.70. The molecule has 4 nitrogen and oxygen atoms in total. The van der Waals surface area contributed by atoms with Crippen molar-refractivity contribution >= 4 is 50.7 Å². The van der Waals surface area contributed by atoms with Crippen molar-refractivity contribution in [3.05, 3.63) is 57.5 Å². The molecule has 0 atom stereocenters. The molecule has 0 unspecified atom stereocenters. The molecule has 1 aromatic heterocycles. The van der Waals surface area contributed by atoms with Crippen LogP contribution in [0.1, 0.15) is 5.01 Å². The topological polar surface area (TPSA) is 48.4 Å². The van der Waals surface area contributed by atoms with E-state index < -0.39 is 5.97 Å². The summed E-state index contributed by atoms with van der Waals surface area (Å²) in [6.45, 7) is 0.0521. The zero-order chi connectivity index (χ0) is 16.2. The first-order valence-corrected chi connectivity index (χ1v) is 8.27. The lowest BCUT2D eigenvalue weighted by molar-refractivity contribution is -0.139. The van der Waals surface area contributed by atoms with Gasteiger partial charge in [-0.15, -0.1) is 11.3 Å². The lowest BCUT2D eigenvalue weighted by Gasteiger charge is -2.07. The second kappa shape index (κ2) is 7.27. The molecular weight excluding hydrogens is 357 g/mol. The number of benzene rings is 2. The number of rotatable bonds is 5. The average molecular weight is 368 g/mol. The van der Waals surface area contributed by atoms with Crippen molar-refractivity contribution in [1.82, 2.24) is 4.98 Å². The Balaban J connectivity index is 1.54. The number of carbonyl (C=O) groups excluding carboxylic acids is 1. The SMILES string of the molecule is O=C(COCc1nc2ccccc2s1)Oc1cccc(Cl)c1Cl. The molecule has 1 heterocycles. The molecule has 3 rings (SSSR count). The van der Waals surface area contributed by atoms with Gasteiger partial charge in [-0.25, -0.2) is 9.78 Å². The lowest BCUT2D eigenvalue weighted by Crippen LogP contribution is -2.15. The van der Waals surface area contributed by atoms with Crippen molar-refractivity contribution in [2.45, 2.75) is 6.61 Å². The molecule has 0 amide bonds. The van der Waals surface area contributed by atoms with Crippen LogP contribution in [0.2, 0.25) is 10.0 Å². The fraction of sp³-hybridized carbons (Fsp3) is 0.125. The molecule has 0 aliphatic carbocycles. The van der Waals surface area contributed by atoms with Crippen LogP contribution in [0.25, 0.3) is 10.2 Å². The largest absolute Gasteiger partial charge is 0.423 e. The minimum atomic E-state index is -0.546. The monoisotopic (exact) mass is 367 g/mol. The third-order valence-corrected chi connectivity index (χ3v) is 4.74. The summed E-state index contributed by atoms with van der Waals surface area (Å²) >= 11 is 13.3. The van der Waals surface area contributed by atoms with Gasteiger partial charge in [0.1, 0.15) is 16.6 Å². The van der Waals surface area contributed by atoms with Gasteiger partial charge in [0, 0.05) is 0 Å². The highest BCUT2D eigenvalue weighted by Crippen LogP contribution is 2.31. The van der Waals surface area contributed by atoms with Crippen LogP contribution >= 0.6 is 34.5 Å². The molecule has 0 fully saturated rings. The van der Waals surface area contributed by atoms with Crippen LogP contribution in [-0.2, 0) is 16.1 Å². The Morgan fingerprint density at radius 1 is 1.13 bits per heavy atom. The Morgan fingerprint density at radius 3 is 2.78 bits per heavy atom. The Hall–Kier alpha value is -1.66. The minimum Gasteiger partial charge on any atom is -0.423 e. The van der Waals surface area contributed by atoms with Crippen molar-refractivity contribution in [3.63, 3.8) is 0 Å². The number of thiazole rings is 1. The number of hydrogen-bond acceptors (Lipinski definition) is 5. The summed E-state index contributed by atoms with van der Waals surface area (Å²) in [6.07, 6.45) is 0. The lowest BCUT2D eigenvalue weighted by atomic mass is 10.3. The van der Waals surface area contributed by atoms with E-state index in [0.717, 1.165) is 15.2 Å². The number of hydrogen-bond donors (Lipinski definition) is 0. The molecule has 7 heteroatoms. The molecular formula is C16H11Cl2NO3S. The van der Waals surface area contributed by atoms with Crippen LogP contribution in [0.15, 0.2) is 42.5 Å². The maximum atomic E-state index is 11.8. The molecule has 0 aliphatic heterocycles. The van der Waals surface area contributed by atoms with Gasteiger partial charge >= 0.3 is 5.97 Å². The van der Waals surface area contributed by atoms with Crippen LogP contribution in [-0.4, -0.2) is 17.6 Å². The molecule has 2 aromatic carbocycles. The fourth-order valence-electron chi connectivity index (χ4n) is 1.92. The van der Waals surface area contributed by atoms with Gasteiger partial charge in [-0.3, -0.25) is 0 Å². The van der Waals surface area contributed by atoms with Crippen molar-refractivity contribution < 1.29 is 14.3 Å². The number of esters is 1. The van der Waals surface area contributed by atoms with Gasteiger partial charge in [-0.1, -0.05) is 41.4 Å². The molecule has 0 N–H and O–H groups in total. The molecule has 23 heavy (non-hydrogen) atoms. The highest BCUT2D eigenvalue weighted by molar-refractivity contribution is 7.18. The summed E-state index contributed by atoms with van der Waals surface area (Å²) in [6, 6.07) is 12.6. The van der Waals surface area contributed by atoms with Crippen LogP contribution in [0, 0.1) is 0 Å². The second-order valence-corrected chi connectivity index (χ2v) is 6.49. The summed E-state index contributed by atoms with van der Waals surface area (Å²) in [5.41, 5.74) is 0.921. The Morgan fingerprint density at radius 2 is 1.96 bits per heavy atom. The molecule has 0 aliphatic rings. The van der Waals surface area contributed by atoms with Crippen LogP contribution < -0.4 is 4.74 Å².